The molecule has 7 nitrogen and oxygen atoms in total. The molecule has 0 aliphatic heterocycles. The Labute approximate surface area is 107 Å². The van der Waals surface area contributed by atoms with Crippen LogP contribution in [0.5, 0.6) is 0 Å². The Balaban J connectivity index is 1.98. The van der Waals surface area contributed by atoms with Crippen LogP contribution >= 0.6 is 11.6 Å². The van der Waals surface area contributed by atoms with Crippen LogP contribution in [0.3, 0.4) is 0 Å². The molecule has 2 aromatic heterocycles. The van der Waals surface area contributed by atoms with E-state index in [9.17, 15) is 4.79 Å². The second-order valence-electron chi connectivity index (χ2n) is 3.46. The highest BCUT2D eigenvalue weighted by atomic mass is 35.5. The molecule has 0 atom stereocenters. The van der Waals surface area contributed by atoms with Gasteiger partial charge in [0.2, 0.25) is 0 Å². The molecule has 0 radical (unpaired) electrons. The Morgan fingerprint density at radius 2 is 2.33 bits per heavy atom. The number of aromatic nitrogens is 4. The summed E-state index contributed by atoms with van der Waals surface area (Å²) in [4.78, 5) is 14.8. The van der Waals surface area contributed by atoms with Crippen molar-refractivity contribution in [3.05, 3.63) is 35.2 Å². The van der Waals surface area contributed by atoms with E-state index >= 15 is 0 Å². The molecule has 18 heavy (non-hydrogen) atoms. The van der Waals surface area contributed by atoms with E-state index in [4.69, 9.17) is 16.7 Å². The van der Waals surface area contributed by atoms with Crippen molar-refractivity contribution < 1.29 is 9.90 Å². The van der Waals surface area contributed by atoms with Crippen molar-refractivity contribution in [1.29, 1.82) is 0 Å². The van der Waals surface area contributed by atoms with Crippen LogP contribution in [0.1, 0.15) is 10.4 Å². The van der Waals surface area contributed by atoms with E-state index in [2.05, 4.69) is 20.6 Å². The van der Waals surface area contributed by atoms with Gasteiger partial charge in [0.15, 0.2) is 0 Å². The molecule has 0 amide bonds. The van der Waals surface area contributed by atoms with Gasteiger partial charge >= 0.3 is 5.97 Å². The second-order valence-corrected chi connectivity index (χ2v) is 3.85. The Kier molecular flexibility index (Phi) is 3.73. The van der Waals surface area contributed by atoms with Crippen molar-refractivity contribution in [2.75, 3.05) is 11.9 Å². The van der Waals surface area contributed by atoms with Gasteiger partial charge in [-0.1, -0.05) is 16.8 Å². The van der Waals surface area contributed by atoms with Crippen LogP contribution in [-0.4, -0.2) is 37.6 Å². The van der Waals surface area contributed by atoms with Crippen molar-refractivity contribution in [3.63, 3.8) is 0 Å². The maximum absolute atomic E-state index is 10.8. The fourth-order valence-corrected chi connectivity index (χ4v) is 1.57. The predicted octanol–water partition coefficient (Wildman–Crippen LogP) is 1.14. The van der Waals surface area contributed by atoms with Gasteiger partial charge in [-0.05, 0) is 12.1 Å². The van der Waals surface area contributed by atoms with Crippen LogP contribution in [0.4, 0.5) is 5.82 Å². The topological polar surface area (TPSA) is 92.9 Å². The number of anilines is 1. The number of halogens is 1. The van der Waals surface area contributed by atoms with Crippen LogP contribution in [0, 0.1) is 0 Å². The number of carboxylic acid groups (broad SMARTS) is 1. The van der Waals surface area contributed by atoms with Gasteiger partial charge in [-0.3, -0.25) is 4.68 Å². The highest BCUT2D eigenvalue weighted by Crippen LogP contribution is 2.14. The molecule has 0 fully saturated rings. The standard InChI is InChI=1S/C10H10ClN5O2/c11-8-5-7(10(17)18)6-9(14-8)12-1-3-16-4-2-13-15-16/h2,4-6H,1,3H2,(H,12,14)(H,17,18). The quantitative estimate of drug-likeness (QED) is 0.789. The predicted molar refractivity (Wildman–Crippen MR) is 64.7 cm³/mol. The van der Waals surface area contributed by atoms with E-state index in [0.717, 1.165) is 0 Å². The lowest BCUT2D eigenvalue weighted by molar-refractivity contribution is 0.0697. The molecule has 8 heteroatoms. The summed E-state index contributed by atoms with van der Waals surface area (Å²) in [6, 6.07) is 2.72. The number of carbonyl (C=O) groups is 1. The van der Waals surface area contributed by atoms with Gasteiger partial charge in [-0.15, -0.1) is 5.10 Å². The Morgan fingerprint density at radius 3 is 3.00 bits per heavy atom. The van der Waals surface area contributed by atoms with Crippen LogP contribution in [0.2, 0.25) is 5.15 Å². The molecular formula is C10H10ClN5O2. The molecule has 0 saturated heterocycles. The third-order valence-corrected chi connectivity index (χ3v) is 2.35. The van der Waals surface area contributed by atoms with Gasteiger partial charge in [0, 0.05) is 12.7 Å². The third kappa shape index (κ3) is 3.17. The van der Waals surface area contributed by atoms with Crippen LogP contribution in [0.15, 0.2) is 24.5 Å². The van der Waals surface area contributed by atoms with Gasteiger partial charge in [-0.25, -0.2) is 9.78 Å². The fourth-order valence-electron chi connectivity index (χ4n) is 1.36. The van der Waals surface area contributed by atoms with Gasteiger partial charge < -0.3 is 10.4 Å². The molecule has 0 aliphatic rings. The summed E-state index contributed by atoms with van der Waals surface area (Å²) in [5.74, 6) is -0.626. The number of nitrogens with zero attached hydrogens (tertiary/aromatic N) is 4. The zero-order valence-corrected chi connectivity index (χ0v) is 10.0. The number of hydrogen-bond acceptors (Lipinski definition) is 5. The molecule has 0 bridgehead atoms. The zero-order valence-electron chi connectivity index (χ0n) is 9.25. The number of nitrogens with one attached hydrogen (secondary N) is 1. The van der Waals surface area contributed by atoms with E-state index in [1.54, 1.807) is 17.1 Å². The number of rotatable bonds is 5. The van der Waals surface area contributed by atoms with Gasteiger partial charge in [-0.2, -0.15) is 0 Å². The van der Waals surface area contributed by atoms with Crippen molar-refractivity contribution in [2.24, 2.45) is 0 Å². The number of aromatic carboxylic acids is 1. The summed E-state index contributed by atoms with van der Waals surface area (Å²) in [6.07, 6.45) is 3.32. The van der Waals surface area contributed by atoms with Crippen molar-refractivity contribution >= 4 is 23.4 Å². The number of hydrogen-bond donors (Lipinski definition) is 2. The van der Waals surface area contributed by atoms with Crippen LogP contribution in [-0.2, 0) is 6.54 Å². The van der Waals surface area contributed by atoms with Crippen molar-refractivity contribution in [2.45, 2.75) is 6.54 Å². The molecule has 0 spiro atoms. The molecule has 0 aliphatic carbocycles. The molecule has 2 rings (SSSR count). The second kappa shape index (κ2) is 5.46. The van der Waals surface area contributed by atoms with Gasteiger partial charge in [0.25, 0.3) is 0 Å². The largest absolute Gasteiger partial charge is 0.478 e. The van der Waals surface area contributed by atoms with E-state index in [0.29, 0.717) is 18.9 Å². The summed E-state index contributed by atoms with van der Waals surface area (Å²) in [5, 5.41) is 19.4. The molecule has 0 unspecified atom stereocenters. The molecule has 2 aromatic rings. The molecule has 94 valence electrons. The van der Waals surface area contributed by atoms with Crippen LogP contribution in [0.25, 0.3) is 0 Å². The van der Waals surface area contributed by atoms with Crippen LogP contribution < -0.4 is 5.32 Å². The summed E-state index contributed by atoms with van der Waals surface area (Å²) in [6.45, 7) is 1.13. The first kappa shape index (κ1) is 12.3. The number of pyridine rings is 1. The summed E-state index contributed by atoms with van der Waals surface area (Å²) in [7, 11) is 0. The van der Waals surface area contributed by atoms with E-state index in [1.165, 1.54) is 12.1 Å². The number of carboxylic acids is 1. The minimum absolute atomic E-state index is 0.0956. The smallest absolute Gasteiger partial charge is 0.335 e. The van der Waals surface area contributed by atoms with E-state index in [1.807, 2.05) is 0 Å². The Bertz CT molecular complexity index is 543. The van der Waals surface area contributed by atoms with Gasteiger partial charge in [0.1, 0.15) is 11.0 Å². The Morgan fingerprint density at radius 1 is 1.50 bits per heavy atom. The molecule has 2 N–H and O–H groups in total. The highest BCUT2D eigenvalue weighted by molar-refractivity contribution is 6.29. The highest BCUT2D eigenvalue weighted by Gasteiger charge is 2.07. The first-order valence-electron chi connectivity index (χ1n) is 5.14. The third-order valence-electron chi connectivity index (χ3n) is 2.16. The summed E-state index contributed by atoms with van der Waals surface area (Å²) >= 11 is 5.73. The molecular weight excluding hydrogens is 258 g/mol. The maximum atomic E-state index is 10.8. The summed E-state index contributed by atoms with van der Waals surface area (Å²) < 4.78 is 1.65. The SMILES string of the molecule is O=C(O)c1cc(Cl)nc(NCCn2ccnn2)c1. The first-order chi connectivity index (χ1) is 8.65. The molecule has 0 aromatic carbocycles. The zero-order chi connectivity index (χ0) is 13.0. The minimum atomic E-state index is -1.04. The normalized spacial score (nSPS) is 10.3. The molecule has 2 heterocycles. The average Bonchev–Trinajstić information content (AvgIpc) is 2.81. The average molecular weight is 268 g/mol. The first-order valence-corrected chi connectivity index (χ1v) is 5.52. The molecule has 0 saturated carbocycles. The van der Waals surface area contributed by atoms with E-state index < -0.39 is 5.97 Å². The lowest BCUT2D eigenvalue weighted by Gasteiger charge is -2.06. The van der Waals surface area contributed by atoms with Gasteiger partial charge in [0.05, 0.1) is 18.3 Å². The summed E-state index contributed by atoms with van der Waals surface area (Å²) in [5.41, 5.74) is 0.0956. The lowest BCUT2D eigenvalue weighted by atomic mass is 10.2. The van der Waals surface area contributed by atoms with E-state index in [-0.39, 0.29) is 10.7 Å². The lowest BCUT2D eigenvalue weighted by Crippen LogP contribution is -2.12. The van der Waals surface area contributed by atoms with Crippen molar-refractivity contribution in [3.8, 4) is 0 Å². The van der Waals surface area contributed by atoms with Crippen molar-refractivity contribution in [1.82, 2.24) is 20.0 Å². The monoisotopic (exact) mass is 267 g/mol. The Hall–Kier alpha value is -2.15. The maximum Gasteiger partial charge on any atom is 0.335 e. The fraction of sp³-hybridized carbons (Fsp3) is 0.200. The minimum Gasteiger partial charge on any atom is -0.478 e.